The van der Waals surface area contributed by atoms with Crippen LogP contribution in [-0.2, 0) is 11.3 Å². The van der Waals surface area contributed by atoms with Crippen molar-refractivity contribution in [2.75, 3.05) is 19.6 Å². The maximum atomic E-state index is 11.9. The number of β-amino-alcohol motifs (C(OH)–C–C–N with tert-alkyl or cyclic N) is 1. The largest absolute Gasteiger partial charge is 0.431 e. The highest BCUT2D eigenvalue weighted by Gasteiger charge is 2.32. The van der Waals surface area contributed by atoms with Crippen LogP contribution < -0.4 is 4.74 Å². The topological polar surface area (TPSA) is 65.9 Å². The van der Waals surface area contributed by atoms with Gasteiger partial charge in [-0.1, -0.05) is 35.6 Å². The molecule has 1 aliphatic heterocycles. The number of amides is 1. The first-order valence-electron chi connectivity index (χ1n) is 10.5. The Hall–Kier alpha value is -2.48. The van der Waals surface area contributed by atoms with E-state index in [2.05, 4.69) is 22.0 Å². The Labute approximate surface area is 179 Å². The van der Waals surface area contributed by atoms with Gasteiger partial charge in [0.05, 0.1) is 22.7 Å². The van der Waals surface area contributed by atoms with Gasteiger partial charge < -0.3 is 14.7 Å². The van der Waals surface area contributed by atoms with E-state index in [0.717, 1.165) is 29.1 Å². The summed E-state index contributed by atoms with van der Waals surface area (Å²) in [5.41, 5.74) is 2.18. The molecule has 1 aromatic heterocycles. The summed E-state index contributed by atoms with van der Waals surface area (Å²) >= 11 is 1.55. The molecule has 1 unspecified atom stereocenters. The van der Waals surface area contributed by atoms with Crippen molar-refractivity contribution >= 4 is 27.5 Å². The Balaban J connectivity index is 1.19. The highest BCUT2D eigenvalue weighted by Crippen LogP contribution is 2.32. The van der Waals surface area contributed by atoms with E-state index in [4.69, 9.17) is 4.74 Å². The lowest BCUT2D eigenvalue weighted by atomic mass is 10.2. The van der Waals surface area contributed by atoms with Gasteiger partial charge in [-0.2, -0.15) is 0 Å². The van der Waals surface area contributed by atoms with Crippen LogP contribution in [0.1, 0.15) is 24.8 Å². The van der Waals surface area contributed by atoms with Crippen LogP contribution in [0.4, 0.5) is 0 Å². The molecule has 1 N–H and O–H groups in total. The lowest BCUT2D eigenvalue weighted by Gasteiger charge is -2.25. The average Bonchev–Trinajstić information content (AvgIpc) is 3.42. The highest BCUT2D eigenvalue weighted by atomic mass is 32.1. The van der Waals surface area contributed by atoms with Gasteiger partial charge in [0.2, 0.25) is 5.91 Å². The number of benzene rings is 2. The minimum atomic E-state index is -0.505. The number of nitrogens with zero attached hydrogens (tertiary/aromatic N) is 3. The minimum absolute atomic E-state index is 0.0644. The molecule has 1 aliphatic carbocycles. The van der Waals surface area contributed by atoms with Crippen LogP contribution in [0.15, 0.2) is 48.5 Å². The van der Waals surface area contributed by atoms with Crippen LogP contribution in [0, 0.1) is 0 Å². The summed E-state index contributed by atoms with van der Waals surface area (Å²) < 4.78 is 7.06. The van der Waals surface area contributed by atoms with Gasteiger partial charge in [0.25, 0.3) is 5.19 Å². The van der Waals surface area contributed by atoms with Gasteiger partial charge in [-0.15, -0.1) is 0 Å². The molecule has 0 bridgehead atoms. The molecule has 2 fully saturated rings. The van der Waals surface area contributed by atoms with Crippen molar-refractivity contribution in [1.82, 2.24) is 14.8 Å². The second-order valence-corrected chi connectivity index (χ2v) is 9.09. The number of ether oxygens (including phenoxy) is 1. The fraction of sp³-hybridized carbons (Fsp3) is 0.391. The van der Waals surface area contributed by atoms with E-state index in [-0.39, 0.29) is 12.3 Å². The van der Waals surface area contributed by atoms with Crippen LogP contribution >= 0.6 is 11.3 Å². The van der Waals surface area contributed by atoms with Crippen molar-refractivity contribution in [1.29, 1.82) is 0 Å². The molecule has 2 aromatic carbocycles. The second-order valence-electron chi connectivity index (χ2n) is 8.09. The molecule has 3 aromatic rings. The summed E-state index contributed by atoms with van der Waals surface area (Å²) in [4.78, 5) is 20.7. The predicted molar refractivity (Wildman–Crippen MR) is 117 cm³/mol. The number of hydrogen-bond donors (Lipinski definition) is 1. The normalized spacial score (nSPS) is 19.2. The monoisotopic (exact) mass is 423 g/mol. The maximum Gasteiger partial charge on any atom is 0.279 e. The van der Waals surface area contributed by atoms with Gasteiger partial charge in [-0.3, -0.25) is 9.69 Å². The third-order valence-electron chi connectivity index (χ3n) is 5.70. The van der Waals surface area contributed by atoms with E-state index in [9.17, 15) is 9.90 Å². The number of fused-ring (bicyclic) bond motifs is 1. The molecule has 6 nitrogen and oxygen atoms in total. The number of thiazole rings is 1. The summed E-state index contributed by atoms with van der Waals surface area (Å²) in [6.45, 7) is 2.85. The number of aliphatic hydroxyl groups is 1. The van der Waals surface area contributed by atoms with Crippen molar-refractivity contribution in [2.45, 2.75) is 38.0 Å². The van der Waals surface area contributed by atoms with E-state index < -0.39 is 6.10 Å². The van der Waals surface area contributed by atoms with Gasteiger partial charge in [0, 0.05) is 32.2 Å². The van der Waals surface area contributed by atoms with Crippen molar-refractivity contribution < 1.29 is 14.6 Å². The van der Waals surface area contributed by atoms with Gasteiger partial charge >= 0.3 is 0 Å². The van der Waals surface area contributed by atoms with Gasteiger partial charge in [-0.25, -0.2) is 4.98 Å². The zero-order valence-corrected chi connectivity index (χ0v) is 17.6. The first kappa shape index (κ1) is 19.5. The SMILES string of the molecule is O=C1CC(O)CN1CCN(Cc1ccc(Oc2nc3ccccc3s2)cc1)C1CC1. The lowest BCUT2D eigenvalue weighted by molar-refractivity contribution is -0.128. The fourth-order valence-electron chi connectivity index (χ4n) is 3.94. The van der Waals surface area contributed by atoms with E-state index in [1.54, 1.807) is 16.2 Å². The molecule has 1 atom stereocenters. The summed E-state index contributed by atoms with van der Waals surface area (Å²) in [7, 11) is 0. The molecule has 1 saturated heterocycles. The Bertz CT molecular complexity index is 999. The quantitative estimate of drug-likeness (QED) is 0.599. The molecule has 2 aliphatic rings. The third kappa shape index (κ3) is 4.48. The fourth-order valence-corrected chi connectivity index (χ4v) is 4.77. The van der Waals surface area contributed by atoms with Crippen LogP contribution in [0.2, 0.25) is 0 Å². The molecule has 0 radical (unpaired) electrons. The molecule has 30 heavy (non-hydrogen) atoms. The van der Waals surface area contributed by atoms with Crippen molar-refractivity contribution in [3.8, 4) is 10.9 Å². The summed E-state index contributed by atoms with van der Waals surface area (Å²) in [5.74, 6) is 0.849. The van der Waals surface area contributed by atoms with Crippen LogP contribution in [0.25, 0.3) is 10.2 Å². The van der Waals surface area contributed by atoms with E-state index in [0.29, 0.717) is 24.3 Å². The van der Waals surface area contributed by atoms with Crippen molar-refractivity contribution in [3.05, 3.63) is 54.1 Å². The molecule has 5 rings (SSSR count). The maximum absolute atomic E-state index is 11.9. The van der Waals surface area contributed by atoms with Crippen LogP contribution in [0.5, 0.6) is 10.9 Å². The predicted octanol–water partition coefficient (Wildman–Crippen LogP) is 3.65. The molecule has 0 spiro atoms. The van der Waals surface area contributed by atoms with E-state index in [1.807, 2.05) is 36.4 Å². The number of aromatic nitrogens is 1. The minimum Gasteiger partial charge on any atom is -0.431 e. The van der Waals surface area contributed by atoms with Crippen LogP contribution in [-0.4, -0.2) is 57.6 Å². The number of carbonyl (C=O) groups excluding carboxylic acids is 1. The zero-order chi connectivity index (χ0) is 20.5. The highest BCUT2D eigenvalue weighted by molar-refractivity contribution is 7.20. The molecule has 1 saturated carbocycles. The Morgan fingerprint density at radius 3 is 2.67 bits per heavy atom. The smallest absolute Gasteiger partial charge is 0.279 e. The number of likely N-dealkylation sites (tertiary alicyclic amines) is 1. The third-order valence-corrected chi connectivity index (χ3v) is 6.62. The molecule has 7 heteroatoms. The number of carbonyl (C=O) groups is 1. The Morgan fingerprint density at radius 1 is 1.17 bits per heavy atom. The number of hydrogen-bond acceptors (Lipinski definition) is 6. The standard InChI is InChI=1S/C23H25N3O3S/c27-18-13-22(28)26(15-18)12-11-25(17-7-8-17)14-16-5-9-19(10-6-16)29-23-24-20-3-1-2-4-21(20)30-23/h1-6,9-10,17-18,27H,7-8,11-15H2. The second kappa shape index (κ2) is 8.34. The molecular weight excluding hydrogens is 398 g/mol. The molecule has 156 valence electrons. The first-order chi connectivity index (χ1) is 14.6. The van der Waals surface area contributed by atoms with Crippen LogP contribution in [0.3, 0.4) is 0 Å². The molecule has 1 amide bonds. The van der Waals surface area contributed by atoms with Gasteiger partial charge in [0.15, 0.2) is 0 Å². The number of para-hydroxylation sites is 1. The lowest BCUT2D eigenvalue weighted by Crippen LogP contribution is -2.37. The van der Waals surface area contributed by atoms with Crippen molar-refractivity contribution in [3.63, 3.8) is 0 Å². The summed E-state index contributed by atoms with van der Waals surface area (Å²) in [6, 6.07) is 16.8. The molecule has 2 heterocycles. The first-order valence-corrected chi connectivity index (χ1v) is 11.3. The average molecular weight is 424 g/mol. The molecular formula is C23H25N3O3S. The Morgan fingerprint density at radius 2 is 1.97 bits per heavy atom. The number of aliphatic hydroxyl groups excluding tert-OH is 1. The van der Waals surface area contributed by atoms with Crippen molar-refractivity contribution in [2.24, 2.45) is 0 Å². The summed E-state index contributed by atoms with van der Waals surface area (Å²) in [6.07, 6.45) is 2.19. The van der Waals surface area contributed by atoms with E-state index >= 15 is 0 Å². The number of rotatable bonds is 8. The Kier molecular flexibility index (Phi) is 5.41. The van der Waals surface area contributed by atoms with E-state index in [1.165, 1.54) is 18.4 Å². The zero-order valence-electron chi connectivity index (χ0n) is 16.7. The summed E-state index contributed by atoms with van der Waals surface area (Å²) in [5, 5.41) is 10.3. The van der Waals surface area contributed by atoms with Gasteiger partial charge in [0.1, 0.15) is 5.75 Å². The van der Waals surface area contributed by atoms with Gasteiger partial charge in [-0.05, 0) is 42.7 Å².